The topological polar surface area (TPSA) is 74.8 Å². The van der Waals surface area contributed by atoms with Gasteiger partial charge in [0, 0.05) is 45.6 Å². The summed E-state index contributed by atoms with van der Waals surface area (Å²) in [6, 6.07) is 9.62. The summed E-state index contributed by atoms with van der Waals surface area (Å²) in [7, 11) is 0.527. The number of anilines is 2. The summed E-state index contributed by atoms with van der Waals surface area (Å²) in [5.74, 6) is 0.645. The average Bonchev–Trinajstić information content (AvgIpc) is 2.68. The van der Waals surface area contributed by atoms with E-state index in [1.807, 2.05) is 14.1 Å². The minimum atomic E-state index is -3.51. The van der Waals surface area contributed by atoms with Crippen LogP contribution >= 0.6 is 0 Å². The third kappa shape index (κ3) is 4.58. The van der Waals surface area contributed by atoms with Gasteiger partial charge in [0.15, 0.2) is 0 Å². The van der Waals surface area contributed by atoms with Crippen LogP contribution in [0.5, 0.6) is 0 Å². The second kappa shape index (κ2) is 8.24. The summed E-state index contributed by atoms with van der Waals surface area (Å²) in [4.78, 5) is 6.55. The number of sulfonamides is 1. The zero-order valence-electron chi connectivity index (χ0n) is 16.0. The highest BCUT2D eigenvalue weighted by Gasteiger charge is 2.26. The molecule has 8 heteroatoms. The number of nitrogens with zero attached hydrogens (tertiary/aromatic N) is 3. The summed E-state index contributed by atoms with van der Waals surface area (Å²) in [6.07, 6.45) is 1.41. The second-order valence-electron chi connectivity index (χ2n) is 6.75. The number of aryl methyl sites for hydroxylation is 1. The fourth-order valence-corrected chi connectivity index (χ4v) is 4.27. The van der Waals surface area contributed by atoms with Crippen molar-refractivity contribution in [2.24, 2.45) is 0 Å². The van der Waals surface area contributed by atoms with Crippen LogP contribution in [-0.4, -0.2) is 58.1 Å². The van der Waals surface area contributed by atoms with Crippen LogP contribution in [0.3, 0.4) is 0 Å². The van der Waals surface area contributed by atoms with Crippen LogP contribution < -0.4 is 10.2 Å². The van der Waals surface area contributed by atoms with Gasteiger partial charge in [-0.25, -0.2) is 13.4 Å². The van der Waals surface area contributed by atoms with Crippen LogP contribution in [0.15, 0.2) is 41.4 Å². The molecule has 0 amide bonds. The highest BCUT2D eigenvalue weighted by atomic mass is 32.2. The number of ether oxygens (including phenoxy) is 1. The largest absolute Gasteiger partial charge is 0.379 e. The first-order valence-electron chi connectivity index (χ1n) is 8.92. The Morgan fingerprint density at radius 1 is 1.19 bits per heavy atom. The maximum absolute atomic E-state index is 12.6. The van der Waals surface area contributed by atoms with E-state index >= 15 is 0 Å². The molecule has 0 bridgehead atoms. The molecule has 1 N–H and O–H groups in total. The van der Waals surface area contributed by atoms with E-state index < -0.39 is 10.0 Å². The van der Waals surface area contributed by atoms with Crippen LogP contribution in [0.2, 0.25) is 0 Å². The molecular formula is C19H26N4O3S. The van der Waals surface area contributed by atoms with Gasteiger partial charge in [-0.05, 0) is 42.3 Å². The van der Waals surface area contributed by atoms with Crippen molar-refractivity contribution >= 4 is 21.5 Å². The summed E-state index contributed by atoms with van der Waals surface area (Å²) in [6.45, 7) is 4.32. The summed E-state index contributed by atoms with van der Waals surface area (Å²) in [5, 5.41) is 3.26. The first kappa shape index (κ1) is 19.6. The fourth-order valence-electron chi connectivity index (χ4n) is 2.92. The van der Waals surface area contributed by atoms with E-state index in [4.69, 9.17) is 4.74 Å². The lowest BCUT2D eigenvalue weighted by atomic mass is 10.1. The Kier molecular flexibility index (Phi) is 5.98. The Hall–Kier alpha value is -2.16. The zero-order valence-corrected chi connectivity index (χ0v) is 16.8. The van der Waals surface area contributed by atoms with Gasteiger partial charge in [0.1, 0.15) is 10.7 Å². The molecular weight excluding hydrogens is 364 g/mol. The molecule has 3 rings (SSSR count). The minimum Gasteiger partial charge on any atom is -0.379 e. The predicted octanol–water partition coefficient (Wildman–Crippen LogP) is 2.09. The molecule has 146 valence electrons. The normalized spacial score (nSPS) is 15.5. The van der Waals surface area contributed by atoms with Crippen molar-refractivity contribution in [3.8, 4) is 0 Å². The molecule has 1 aromatic heterocycles. The third-order valence-corrected chi connectivity index (χ3v) is 6.53. The number of hydrogen-bond acceptors (Lipinski definition) is 6. The van der Waals surface area contributed by atoms with Gasteiger partial charge in [-0.3, -0.25) is 0 Å². The molecule has 1 aliphatic heterocycles. The van der Waals surface area contributed by atoms with E-state index in [9.17, 15) is 8.42 Å². The van der Waals surface area contributed by atoms with Crippen molar-refractivity contribution in [2.75, 3.05) is 50.6 Å². The Bertz CT molecular complexity index is 876. The van der Waals surface area contributed by atoms with E-state index in [0.29, 0.717) is 38.7 Å². The molecule has 1 fully saturated rings. The highest BCUT2D eigenvalue weighted by Crippen LogP contribution is 2.20. The zero-order chi connectivity index (χ0) is 19.4. The van der Waals surface area contributed by atoms with Gasteiger partial charge in [-0.15, -0.1) is 0 Å². The van der Waals surface area contributed by atoms with Gasteiger partial charge in [0.2, 0.25) is 10.0 Å². The first-order chi connectivity index (χ1) is 12.9. The predicted molar refractivity (Wildman–Crippen MR) is 107 cm³/mol. The molecule has 1 saturated heterocycles. The smallest absolute Gasteiger partial charge is 0.244 e. The number of aromatic nitrogens is 1. The summed E-state index contributed by atoms with van der Waals surface area (Å²) >= 11 is 0. The van der Waals surface area contributed by atoms with Gasteiger partial charge in [0.25, 0.3) is 0 Å². The van der Waals surface area contributed by atoms with Crippen molar-refractivity contribution in [1.82, 2.24) is 9.29 Å². The van der Waals surface area contributed by atoms with Gasteiger partial charge in [0.05, 0.1) is 13.2 Å². The van der Waals surface area contributed by atoms with Crippen LogP contribution in [-0.2, 0) is 21.3 Å². The molecule has 0 saturated carbocycles. The van der Waals surface area contributed by atoms with Gasteiger partial charge >= 0.3 is 0 Å². The maximum atomic E-state index is 12.6. The maximum Gasteiger partial charge on any atom is 0.244 e. The number of pyridine rings is 1. The second-order valence-corrected chi connectivity index (χ2v) is 8.69. The number of rotatable bonds is 6. The summed E-state index contributed by atoms with van der Waals surface area (Å²) in [5.41, 5.74) is 3.53. The Balaban J connectivity index is 1.66. The monoisotopic (exact) mass is 390 g/mol. The lowest BCUT2D eigenvalue weighted by Gasteiger charge is -2.25. The first-order valence-corrected chi connectivity index (χ1v) is 10.4. The van der Waals surface area contributed by atoms with Crippen molar-refractivity contribution < 1.29 is 13.2 Å². The Morgan fingerprint density at radius 3 is 2.52 bits per heavy atom. The van der Waals surface area contributed by atoms with Gasteiger partial charge < -0.3 is 15.0 Å². The summed E-state index contributed by atoms with van der Waals surface area (Å²) < 4.78 is 31.9. The van der Waals surface area contributed by atoms with Crippen LogP contribution in [0, 0.1) is 6.92 Å². The molecule has 0 atom stereocenters. The lowest BCUT2D eigenvalue weighted by Crippen LogP contribution is -2.40. The molecule has 0 spiro atoms. The van der Waals surface area contributed by atoms with E-state index in [2.05, 4.69) is 40.3 Å². The Morgan fingerprint density at radius 2 is 1.93 bits per heavy atom. The quantitative estimate of drug-likeness (QED) is 0.814. The van der Waals surface area contributed by atoms with E-state index in [0.717, 1.165) is 5.69 Å². The highest BCUT2D eigenvalue weighted by molar-refractivity contribution is 7.89. The fraction of sp³-hybridized carbons (Fsp3) is 0.421. The molecule has 27 heavy (non-hydrogen) atoms. The molecule has 1 aromatic carbocycles. The van der Waals surface area contributed by atoms with Gasteiger partial charge in [-0.1, -0.05) is 6.07 Å². The lowest BCUT2D eigenvalue weighted by molar-refractivity contribution is 0.0730. The van der Waals surface area contributed by atoms with E-state index in [1.165, 1.54) is 21.6 Å². The number of hydrogen-bond donors (Lipinski definition) is 1. The van der Waals surface area contributed by atoms with Gasteiger partial charge in [-0.2, -0.15) is 4.31 Å². The average molecular weight is 391 g/mol. The standard InChI is InChI=1S/C19H26N4O3S/c1-15-12-17(22(2)3)5-4-16(15)13-20-19-7-6-18(14-21-19)27(24,25)23-8-10-26-11-9-23/h4-7,12,14H,8-11,13H2,1-3H3,(H,20,21). The Labute approximate surface area is 161 Å². The van der Waals surface area contributed by atoms with Crippen LogP contribution in [0.25, 0.3) is 0 Å². The molecule has 0 radical (unpaired) electrons. The van der Waals surface area contributed by atoms with Crippen molar-refractivity contribution in [3.63, 3.8) is 0 Å². The van der Waals surface area contributed by atoms with E-state index in [-0.39, 0.29) is 4.90 Å². The number of nitrogens with one attached hydrogen (secondary N) is 1. The molecule has 1 aliphatic rings. The van der Waals surface area contributed by atoms with E-state index in [1.54, 1.807) is 12.1 Å². The van der Waals surface area contributed by atoms with Crippen molar-refractivity contribution in [3.05, 3.63) is 47.7 Å². The molecule has 2 heterocycles. The molecule has 0 aliphatic carbocycles. The SMILES string of the molecule is Cc1cc(N(C)C)ccc1CNc1ccc(S(=O)(=O)N2CCOCC2)cn1. The number of benzene rings is 1. The van der Waals surface area contributed by atoms with Crippen LogP contribution in [0.4, 0.5) is 11.5 Å². The third-order valence-electron chi connectivity index (χ3n) is 4.65. The van der Waals surface area contributed by atoms with Crippen LogP contribution in [0.1, 0.15) is 11.1 Å². The number of morpholine rings is 1. The minimum absolute atomic E-state index is 0.210. The van der Waals surface area contributed by atoms with Crippen molar-refractivity contribution in [1.29, 1.82) is 0 Å². The molecule has 2 aromatic rings. The van der Waals surface area contributed by atoms with Crippen molar-refractivity contribution in [2.45, 2.75) is 18.4 Å². The molecule has 0 unspecified atom stereocenters. The molecule has 7 nitrogen and oxygen atoms in total.